The fourth-order valence-electron chi connectivity index (χ4n) is 1.94. The first-order valence-electron chi connectivity index (χ1n) is 5.12. The van der Waals surface area contributed by atoms with Crippen LogP contribution in [0.3, 0.4) is 0 Å². The summed E-state index contributed by atoms with van der Waals surface area (Å²) >= 11 is 0. The lowest BCUT2D eigenvalue weighted by Gasteiger charge is -2.38. The minimum absolute atomic E-state index is 0.262. The molecule has 0 amide bonds. The molecule has 1 aliphatic carbocycles. The van der Waals surface area contributed by atoms with Crippen molar-refractivity contribution in [3.8, 4) is 0 Å². The molecule has 0 atom stereocenters. The van der Waals surface area contributed by atoms with E-state index in [9.17, 15) is 12.8 Å². The van der Waals surface area contributed by atoms with E-state index in [4.69, 9.17) is 5.73 Å². The number of halogens is 1. The molecular weight excluding hydrogens is 229 g/mol. The zero-order valence-corrected chi connectivity index (χ0v) is 9.85. The lowest BCUT2D eigenvalue weighted by Crippen LogP contribution is -2.43. The third-order valence-corrected chi connectivity index (χ3v) is 4.26. The third-order valence-electron chi connectivity index (χ3n) is 3.15. The Labute approximate surface area is 94.4 Å². The average Bonchev–Trinajstić information content (AvgIpc) is 2.13. The Morgan fingerprint density at radius 2 is 2.00 bits per heavy atom. The van der Waals surface area contributed by atoms with Crippen molar-refractivity contribution < 1.29 is 12.8 Å². The quantitative estimate of drug-likeness (QED) is 0.857. The van der Waals surface area contributed by atoms with Gasteiger partial charge >= 0.3 is 0 Å². The van der Waals surface area contributed by atoms with Gasteiger partial charge < -0.3 is 5.73 Å². The molecule has 0 spiro atoms. The molecule has 88 valence electrons. The van der Waals surface area contributed by atoms with Crippen molar-refractivity contribution in [1.29, 1.82) is 0 Å². The molecule has 16 heavy (non-hydrogen) atoms. The summed E-state index contributed by atoms with van der Waals surface area (Å²) in [5.41, 5.74) is 6.31. The van der Waals surface area contributed by atoms with Crippen LogP contribution in [-0.2, 0) is 15.4 Å². The number of sulfone groups is 1. The summed E-state index contributed by atoms with van der Waals surface area (Å²) in [4.78, 5) is -0.262. The van der Waals surface area contributed by atoms with E-state index in [1.807, 2.05) is 0 Å². The van der Waals surface area contributed by atoms with Crippen LogP contribution < -0.4 is 5.73 Å². The van der Waals surface area contributed by atoms with Gasteiger partial charge in [0.25, 0.3) is 0 Å². The Kier molecular flexibility index (Phi) is 2.55. The zero-order valence-electron chi connectivity index (χ0n) is 9.03. The van der Waals surface area contributed by atoms with Crippen molar-refractivity contribution >= 4 is 9.84 Å². The first-order chi connectivity index (χ1) is 7.33. The first kappa shape index (κ1) is 11.5. The summed E-state index contributed by atoms with van der Waals surface area (Å²) in [7, 11) is -3.53. The lowest BCUT2D eigenvalue weighted by atomic mass is 9.73. The van der Waals surface area contributed by atoms with Gasteiger partial charge in [0.1, 0.15) is 10.7 Å². The Bertz CT molecular complexity index is 521. The van der Waals surface area contributed by atoms with E-state index in [1.165, 1.54) is 12.1 Å². The van der Waals surface area contributed by atoms with Gasteiger partial charge in [0.05, 0.1) is 0 Å². The molecule has 1 aromatic carbocycles. The zero-order chi connectivity index (χ0) is 12.0. The highest BCUT2D eigenvalue weighted by Gasteiger charge is 2.35. The van der Waals surface area contributed by atoms with E-state index in [2.05, 4.69) is 0 Å². The van der Waals surface area contributed by atoms with Crippen LogP contribution in [0.15, 0.2) is 23.1 Å². The highest BCUT2D eigenvalue weighted by Crippen LogP contribution is 2.39. The van der Waals surface area contributed by atoms with Crippen molar-refractivity contribution in [2.45, 2.75) is 29.7 Å². The summed E-state index contributed by atoms with van der Waals surface area (Å²) in [6.07, 6.45) is 3.67. The third kappa shape index (κ3) is 1.85. The number of hydrogen-bond acceptors (Lipinski definition) is 3. The van der Waals surface area contributed by atoms with Crippen molar-refractivity contribution in [2.24, 2.45) is 5.73 Å². The van der Waals surface area contributed by atoms with Crippen LogP contribution in [0, 0.1) is 5.82 Å². The fraction of sp³-hybridized carbons (Fsp3) is 0.455. The Hall–Kier alpha value is -0.940. The Morgan fingerprint density at radius 1 is 1.38 bits per heavy atom. The molecule has 0 radical (unpaired) electrons. The van der Waals surface area contributed by atoms with Gasteiger partial charge in [-0.2, -0.15) is 0 Å². The number of benzene rings is 1. The maximum Gasteiger partial charge on any atom is 0.178 e. The normalized spacial score (nSPS) is 19.2. The van der Waals surface area contributed by atoms with Crippen molar-refractivity contribution in [3.05, 3.63) is 29.6 Å². The standard InChI is InChI=1S/C11H14FNO2S/c1-16(14,15)10-7-8(3-4-9(10)12)11(13)5-2-6-11/h3-4,7H,2,5-6,13H2,1H3. The molecule has 0 aliphatic heterocycles. The van der Waals surface area contributed by atoms with Crippen LogP contribution in [0.1, 0.15) is 24.8 Å². The van der Waals surface area contributed by atoms with Gasteiger partial charge in [-0.3, -0.25) is 0 Å². The molecule has 3 nitrogen and oxygen atoms in total. The van der Waals surface area contributed by atoms with E-state index < -0.39 is 21.2 Å². The molecule has 0 aromatic heterocycles. The van der Waals surface area contributed by atoms with E-state index in [0.29, 0.717) is 5.56 Å². The predicted octanol–water partition coefficient (Wildman–Crippen LogP) is 1.57. The van der Waals surface area contributed by atoms with Crippen molar-refractivity contribution in [2.75, 3.05) is 6.26 Å². The summed E-state index contributed by atoms with van der Waals surface area (Å²) in [6, 6.07) is 4.12. The minimum Gasteiger partial charge on any atom is -0.321 e. The number of rotatable bonds is 2. The second kappa shape index (κ2) is 3.53. The SMILES string of the molecule is CS(=O)(=O)c1cc(C2(N)CCC2)ccc1F. The lowest BCUT2D eigenvalue weighted by molar-refractivity contribution is 0.253. The maximum absolute atomic E-state index is 13.4. The van der Waals surface area contributed by atoms with Gasteiger partial charge in [0, 0.05) is 11.8 Å². The van der Waals surface area contributed by atoms with Crippen molar-refractivity contribution in [1.82, 2.24) is 0 Å². The first-order valence-corrected chi connectivity index (χ1v) is 7.01. The molecule has 1 aliphatic rings. The summed E-state index contributed by atoms with van der Waals surface area (Å²) in [6.45, 7) is 0. The van der Waals surface area contributed by atoms with Gasteiger partial charge in [0.2, 0.25) is 0 Å². The smallest absolute Gasteiger partial charge is 0.178 e. The fourth-order valence-corrected chi connectivity index (χ4v) is 2.71. The summed E-state index contributed by atoms with van der Waals surface area (Å²) in [5, 5.41) is 0. The van der Waals surface area contributed by atoms with Crippen LogP contribution in [0.5, 0.6) is 0 Å². The van der Waals surface area contributed by atoms with Gasteiger partial charge in [-0.05, 0) is 37.0 Å². The van der Waals surface area contributed by atoms with Crippen LogP contribution in [0.2, 0.25) is 0 Å². The Morgan fingerprint density at radius 3 is 2.44 bits per heavy atom. The van der Waals surface area contributed by atoms with E-state index in [1.54, 1.807) is 6.07 Å². The predicted molar refractivity (Wildman–Crippen MR) is 59.2 cm³/mol. The molecular formula is C11H14FNO2S. The number of hydrogen-bond donors (Lipinski definition) is 1. The molecule has 0 saturated heterocycles. The Balaban J connectivity index is 2.52. The molecule has 0 unspecified atom stereocenters. The molecule has 1 fully saturated rings. The molecule has 2 N–H and O–H groups in total. The van der Waals surface area contributed by atoms with Gasteiger partial charge in [-0.25, -0.2) is 12.8 Å². The average molecular weight is 243 g/mol. The summed E-state index contributed by atoms with van der Waals surface area (Å²) in [5.74, 6) is -0.714. The largest absolute Gasteiger partial charge is 0.321 e. The van der Waals surface area contributed by atoms with Crippen LogP contribution in [0.25, 0.3) is 0 Å². The minimum atomic E-state index is -3.53. The maximum atomic E-state index is 13.4. The van der Waals surface area contributed by atoms with Crippen LogP contribution >= 0.6 is 0 Å². The highest BCUT2D eigenvalue weighted by molar-refractivity contribution is 7.90. The van der Waals surface area contributed by atoms with Crippen LogP contribution in [0.4, 0.5) is 4.39 Å². The van der Waals surface area contributed by atoms with E-state index in [-0.39, 0.29) is 4.90 Å². The molecule has 0 bridgehead atoms. The molecule has 5 heteroatoms. The van der Waals surface area contributed by atoms with Gasteiger partial charge in [-0.15, -0.1) is 0 Å². The van der Waals surface area contributed by atoms with E-state index in [0.717, 1.165) is 25.5 Å². The molecule has 1 aromatic rings. The van der Waals surface area contributed by atoms with Gasteiger partial charge in [-0.1, -0.05) is 6.07 Å². The number of nitrogens with two attached hydrogens (primary N) is 1. The highest BCUT2D eigenvalue weighted by atomic mass is 32.2. The second-order valence-corrected chi connectivity index (χ2v) is 6.41. The molecule has 2 rings (SSSR count). The monoisotopic (exact) mass is 243 g/mol. The van der Waals surface area contributed by atoms with Crippen LogP contribution in [-0.4, -0.2) is 14.7 Å². The van der Waals surface area contributed by atoms with E-state index >= 15 is 0 Å². The van der Waals surface area contributed by atoms with Gasteiger partial charge in [0.15, 0.2) is 9.84 Å². The summed E-state index contributed by atoms with van der Waals surface area (Å²) < 4.78 is 36.1. The molecule has 0 heterocycles. The second-order valence-electron chi connectivity index (χ2n) is 4.43. The topological polar surface area (TPSA) is 60.2 Å². The molecule has 1 saturated carbocycles. The van der Waals surface area contributed by atoms with Crippen molar-refractivity contribution in [3.63, 3.8) is 0 Å².